The average Bonchev–Trinajstić information content (AvgIpc) is 1.89. The Labute approximate surface area is 61.7 Å². The van der Waals surface area contributed by atoms with Gasteiger partial charge in [0.15, 0.2) is 0 Å². The van der Waals surface area contributed by atoms with Crippen molar-refractivity contribution in [3.63, 3.8) is 0 Å². The van der Waals surface area contributed by atoms with Gasteiger partial charge < -0.3 is 5.73 Å². The first-order valence-corrected chi connectivity index (χ1v) is 4.41. The molecule has 54 valence electrons. The molecule has 0 spiro atoms. The van der Waals surface area contributed by atoms with E-state index in [-0.39, 0.29) is 0 Å². The molecule has 0 unspecified atom stereocenters. The van der Waals surface area contributed by atoms with Crippen LogP contribution in [0, 0.1) is 0 Å². The van der Waals surface area contributed by atoms with Crippen LogP contribution < -0.4 is 5.73 Å². The molecule has 1 nitrogen and oxygen atoms in total. The van der Waals surface area contributed by atoms with E-state index in [0.29, 0.717) is 0 Å². The van der Waals surface area contributed by atoms with E-state index in [1.807, 2.05) is 11.8 Å². The van der Waals surface area contributed by atoms with Crippen LogP contribution in [0.3, 0.4) is 0 Å². The van der Waals surface area contributed by atoms with Crippen LogP contribution in [0.1, 0.15) is 13.3 Å². The fourth-order valence-electron chi connectivity index (χ4n) is 0.402. The third-order valence-corrected chi connectivity index (χ3v) is 2.21. The first-order valence-electron chi connectivity index (χ1n) is 3.25. The molecule has 2 N–H and O–H groups in total. The maximum atomic E-state index is 5.31. The minimum absolute atomic E-state index is 0.779. The Bertz CT molecular complexity index is 81.0. The molecule has 0 heterocycles. The zero-order valence-electron chi connectivity index (χ0n) is 6.02. The highest BCUT2D eigenvalue weighted by Crippen LogP contribution is 2.07. The fourth-order valence-corrected chi connectivity index (χ4v) is 1.21. The predicted molar refractivity (Wildman–Crippen MR) is 45.8 cm³/mol. The highest BCUT2D eigenvalue weighted by molar-refractivity contribution is 7.99. The lowest BCUT2D eigenvalue weighted by atomic mass is 10.3. The van der Waals surface area contributed by atoms with Crippen LogP contribution in [0.4, 0.5) is 0 Å². The molecule has 0 bridgehead atoms. The van der Waals surface area contributed by atoms with Crippen LogP contribution >= 0.6 is 11.8 Å². The molecule has 0 aromatic carbocycles. The van der Waals surface area contributed by atoms with Crippen LogP contribution in [0.15, 0.2) is 12.2 Å². The van der Waals surface area contributed by atoms with Gasteiger partial charge >= 0.3 is 0 Å². The molecule has 0 rings (SSSR count). The molecule has 0 saturated heterocycles. The Kier molecular flexibility index (Phi) is 6.21. The summed E-state index contributed by atoms with van der Waals surface area (Å²) in [4.78, 5) is 0. The van der Waals surface area contributed by atoms with Gasteiger partial charge in [0, 0.05) is 18.1 Å². The van der Waals surface area contributed by atoms with Crippen molar-refractivity contribution in [1.82, 2.24) is 0 Å². The third kappa shape index (κ3) is 5.93. The van der Waals surface area contributed by atoms with Crippen molar-refractivity contribution in [2.24, 2.45) is 5.73 Å². The van der Waals surface area contributed by atoms with Crippen molar-refractivity contribution in [1.29, 1.82) is 0 Å². The first kappa shape index (κ1) is 9.05. The highest BCUT2D eigenvalue weighted by atomic mass is 32.2. The minimum atomic E-state index is 0.779. The predicted octanol–water partition coefficient (Wildman–Crippen LogP) is 1.64. The van der Waals surface area contributed by atoms with E-state index < -0.39 is 0 Å². The molecule has 0 aliphatic rings. The summed E-state index contributed by atoms with van der Waals surface area (Å²) in [5, 5.41) is 0. The summed E-state index contributed by atoms with van der Waals surface area (Å²) in [5.41, 5.74) is 6.62. The Morgan fingerprint density at radius 3 is 2.78 bits per heavy atom. The van der Waals surface area contributed by atoms with E-state index >= 15 is 0 Å². The first-order chi connectivity index (χ1) is 4.31. The van der Waals surface area contributed by atoms with Gasteiger partial charge in [-0.25, -0.2) is 0 Å². The monoisotopic (exact) mass is 145 g/mol. The van der Waals surface area contributed by atoms with Gasteiger partial charge in [-0.2, -0.15) is 11.8 Å². The topological polar surface area (TPSA) is 26.0 Å². The maximum Gasteiger partial charge on any atom is 0.0140 e. The average molecular weight is 145 g/mol. The molecule has 2 heteroatoms. The number of hydrogen-bond acceptors (Lipinski definition) is 2. The van der Waals surface area contributed by atoms with Crippen molar-refractivity contribution in [2.45, 2.75) is 13.3 Å². The highest BCUT2D eigenvalue weighted by Gasteiger charge is 1.88. The van der Waals surface area contributed by atoms with Crippen molar-refractivity contribution in [3.05, 3.63) is 12.2 Å². The van der Waals surface area contributed by atoms with Gasteiger partial charge in [-0.15, -0.1) is 0 Å². The van der Waals surface area contributed by atoms with E-state index in [4.69, 9.17) is 5.73 Å². The van der Waals surface area contributed by atoms with Crippen molar-refractivity contribution in [3.8, 4) is 0 Å². The van der Waals surface area contributed by atoms with Crippen LogP contribution in [0.25, 0.3) is 0 Å². The maximum absolute atomic E-state index is 5.31. The van der Waals surface area contributed by atoms with E-state index in [9.17, 15) is 0 Å². The molecule has 0 aromatic rings. The Morgan fingerprint density at radius 2 is 2.33 bits per heavy atom. The molecule has 0 aromatic heterocycles. The second-order valence-electron chi connectivity index (χ2n) is 1.94. The molecule has 0 fully saturated rings. The van der Waals surface area contributed by atoms with Crippen LogP contribution in [0.2, 0.25) is 0 Å². The molecular formula is C7H15NS. The van der Waals surface area contributed by atoms with Gasteiger partial charge in [0.2, 0.25) is 0 Å². The number of rotatable bonds is 5. The summed E-state index contributed by atoms with van der Waals surface area (Å²) in [5.74, 6) is 2.13. The quantitative estimate of drug-likeness (QED) is 0.470. The number of hydrogen-bond donors (Lipinski definition) is 1. The molecular weight excluding hydrogens is 130 g/mol. The van der Waals surface area contributed by atoms with Crippen molar-refractivity contribution >= 4 is 11.8 Å². The van der Waals surface area contributed by atoms with Gasteiger partial charge in [-0.1, -0.05) is 19.1 Å². The second-order valence-corrected chi connectivity index (χ2v) is 3.05. The lowest BCUT2D eigenvalue weighted by Gasteiger charge is -1.99. The SMILES string of the molecule is C=C(CC)CSCCN. The summed E-state index contributed by atoms with van der Waals surface area (Å²) in [7, 11) is 0. The summed E-state index contributed by atoms with van der Waals surface area (Å²) >= 11 is 1.86. The van der Waals surface area contributed by atoms with Gasteiger partial charge in [0.1, 0.15) is 0 Å². The van der Waals surface area contributed by atoms with E-state index in [0.717, 1.165) is 24.5 Å². The Morgan fingerprint density at radius 1 is 1.67 bits per heavy atom. The summed E-state index contributed by atoms with van der Waals surface area (Å²) in [6.07, 6.45) is 1.09. The van der Waals surface area contributed by atoms with Crippen LogP contribution in [-0.2, 0) is 0 Å². The lowest BCUT2D eigenvalue weighted by molar-refractivity contribution is 1.11. The zero-order valence-corrected chi connectivity index (χ0v) is 6.84. The van der Waals surface area contributed by atoms with Crippen molar-refractivity contribution in [2.75, 3.05) is 18.1 Å². The molecule has 0 radical (unpaired) electrons. The standard InChI is InChI=1S/C7H15NS/c1-3-7(2)6-9-5-4-8/h2-6,8H2,1H3. The largest absolute Gasteiger partial charge is 0.330 e. The Hall–Kier alpha value is 0.0500. The summed E-state index contributed by atoms with van der Waals surface area (Å²) < 4.78 is 0. The zero-order chi connectivity index (χ0) is 7.11. The molecule has 0 aliphatic heterocycles. The van der Waals surface area contributed by atoms with Crippen LogP contribution in [-0.4, -0.2) is 18.1 Å². The third-order valence-electron chi connectivity index (χ3n) is 1.07. The smallest absolute Gasteiger partial charge is 0.0140 e. The number of nitrogens with two attached hydrogens (primary N) is 1. The fraction of sp³-hybridized carbons (Fsp3) is 0.714. The molecule has 0 saturated carbocycles. The molecule has 0 atom stereocenters. The van der Waals surface area contributed by atoms with Gasteiger partial charge in [0.05, 0.1) is 0 Å². The second kappa shape index (κ2) is 6.17. The van der Waals surface area contributed by atoms with Gasteiger partial charge in [-0.05, 0) is 6.42 Å². The van der Waals surface area contributed by atoms with E-state index in [1.165, 1.54) is 5.57 Å². The van der Waals surface area contributed by atoms with Gasteiger partial charge in [0.25, 0.3) is 0 Å². The molecule has 0 amide bonds. The Balaban J connectivity index is 2.97. The van der Waals surface area contributed by atoms with Crippen LogP contribution in [0.5, 0.6) is 0 Å². The van der Waals surface area contributed by atoms with Gasteiger partial charge in [-0.3, -0.25) is 0 Å². The molecule has 9 heavy (non-hydrogen) atoms. The molecule has 0 aliphatic carbocycles. The summed E-state index contributed by atoms with van der Waals surface area (Å²) in [6.45, 7) is 6.79. The lowest BCUT2D eigenvalue weighted by Crippen LogP contribution is -2.02. The summed E-state index contributed by atoms with van der Waals surface area (Å²) in [6, 6.07) is 0. The van der Waals surface area contributed by atoms with Crippen molar-refractivity contribution < 1.29 is 0 Å². The normalized spacial score (nSPS) is 9.56. The minimum Gasteiger partial charge on any atom is -0.330 e. The number of thioether (sulfide) groups is 1. The van der Waals surface area contributed by atoms with E-state index in [1.54, 1.807) is 0 Å². The van der Waals surface area contributed by atoms with E-state index in [2.05, 4.69) is 13.5 Å².